The molecule has 2 rings (SSSR count). The lowest BCUT2D eigenvalue weighted by Crippen LogP contribution is -2.53. The summed E-state index contributed by atoms with van der Waals surface area (Å²) in [5, 5.41) is 10.2. The molecule has 1 N–H and O–H groups in total. The van der Waals surface area contributed by atoms with Crippen molar-refractivity contribution >= 4 is 28.0 Å². The van der Waals surface area contributed by atoms with Gasteiger partial charge in [-0.05, 0) is 24.3 Å². The summed E-state index contributed by atoms with van der Waals surface area (Å²) in [6, 6.07) is 14.1. The highest BCUT2D eigenvalue weighted by molar-refractivity contribution is 7.86. The summed E-state index contributed by atoms with van der Waals surface area (Å²) in [5.41, 5.74) is -0.154. The van der Waals surface area contributed by atoms with Crippen LogP contribution in [-0.4, -0.2) is 62.4 Å². The topological polar surface area (TPSA) is 133 Å². The number of esters is 2. The first kappa shape index (κ1) is 24.9. The van der Waals surface area contributed by atoms with Crippen LogP contribution in [0.5, 0.6) is 0 Å². The summed E-state index contributed by atoms with van der Waals surface area (Å²) in [4.78, 5) is 36.0. The third-order valence-corrected chi connectivity index (χ3v) is 4.30. The number of rotatable bonds is 9. The second kappa shape index (κ2) is 10.3. The van der Waals surface area contributed by atoms with Crippen LogP contribution in [0.15, 0.2) is 60.7 Å². The third-order valence-electron chi connectivity index (χ3n) is 3.84. The van der Waals surface area contributed by atoms with Gasteiger partial charge in [-0.25, -0.2) is 14.4 Å². The first-order chi connectivity index (χ1) is 14.9. The number of ether oxygens (including phenoxy) is 2. The van der Waals surface area contributed by atoms with Crippen LogP contribution in [0.3, 0.4) is 0 Å². The fourth-order valence-electron chi connectivity index (χ4n) is 2.37. The Hall–Kier alpha value is -3.38. The van der Waals surface area contributed by atoms with E-state index in [1.54, 1.807) is 6.07 Å². The lowest BCUT2D eigenvalue weighted by Gasteiger charge is -2.28. The molecule has 0 aliphatic rings. The normalized spacial score (nSPS) is 13.5. The van der Waals surface area contributed by atoms with Crippen molar-refractivity contribution < 1.29 is 50.3 Å². The van der Waals surface area contributed by atoms with E-state index in [9.17, 15) is 36.7 Å². The molecular formula is C20H18F2O9S. The van der Waals surface area contributed by atoms with Crippen LogP contribution in [0.2, 0.25) is 0 Å². The second-order valence-electron chi connectivity index (χ2n) is 6.42. The van der Waals surface area contributed by atoms with Crippen molar-refractivity contribution in [2.75, 3.05) is 12.9 Å². The quantitative estimate of drug-likeness (QED) is 0.426. The number of aliphatic hydroxyl groups excluding tert-OH is 1. The monoisotopic (exact) mass is 472 g/mol. The Kier molecular flexibility index (Phi) is 8.00. The molecule has 0 aliphatic heterocycles. The van der Waals surface area contributed by atoms with Gasteiger partial charge in [0.15, 0.2) is 0 Å². The number of carbonyl (C=O) groups is 3. The number of hydrogen-bond donors (Lipinski definition) is 1. The average Bonchev–Trinajstić information content (AvgIpc) is 2.75. The van der Waals surface area contributed by atoms with Gasteiger partial charge in [0.05, 0.1) is 17.4 Å². The smallest absolute Gasteiger partial charge is 0.396 e. The van der Waals surface area contributed by atoms with Gasteiger partial charge in [0.25, 0.3) is 0 Å². The molecule has 9 nitrogen and oxygen atoms in total. The molecule has 0 radical (unpaired) electrons. The molecular weight excluding hydrogens is 454 g/mol. The number of alkyl halides is 2. The predicted molar refractivity (Wildman–Crippen MR) is 104 cm³/mol. The molecule has 0 aliphatic carbocycles. The van der Waals surface area contributed by atoms with E-state index in [-0.39, 0.29) is 11.1 Å². The van der Waals surface area contributed by atoms with Crippen LogP contribution in [0.1, 0.15) is 20.7 Å². The molecule has 0 spiro atoms. The maximum absolute atomic E-state index is 14.7. The highest BCUT2D eigenvalue weighted by atomic mass is 32.2. The van der Waals surface area contributed by atoms with Crippen LogP contribution in [0.4, 0.5) is 8.78 Å². The second-order valence-corrected chi connectivity index (χ2v) is 8.00. The number of carbonyl (C=O) groups excluding carboxylic acids is 3. The third kappa shape index (κ3) is 6.82. The molecule has 0 fully saturated rings. The molecule has 0 unspecified atom stereocenters. The molecule has 2 aromatic rings. The Morgan fingerprint density at radius 2 is 1.41 bits per heavy atom. The van der Waals surface area contributed by atoms with Gasteiger partial charge in [0.1, 0.15) is 12.7 Å². The Morgan fingerprint density at radius 1 is 0.938 bits per heavy atom. The van der Waals surface area contributed by atoms with Crippen molar-refractivity contribution in [3.63, 3.8) is 0 Å². The summed E-state index contributed by atoms with van der Waals surface area (Å²) in [7, 11) is -4.65. The van der Waals surface area contributed by atoms with Gasteiger partial charge in [0.2, 0.25) is 6.10 Å². The van der Waals surface area contributed by atoms with E-state index in [0.717, 1.165) is 0 Å². The zero-order valence-electron chi connectivity index (χ0n) is 16.5. The van der Waals surface area contributed by atoms with E-state index < -0.39 is 52.8 Å². The standard InChI is InChI=1S/C20H18F2O9S/c1-32(27,28)31-19(26)20(21,22)16(30-18(25)14-10-6-3-7-11-14)15(23)12-29-17(24)13-8-4-2-5-9-13/h2-11,15-16,23H,12H2,1H3/t15-,16-/m1/s1. The summed E-state index contributed by atoms with van der Waals surface area (Å²) < 4.78 is 64.5. The zero-order valence-corrected chi connectivity index (χ0v) is 17.3. The van der Waals surface area contributed by atoms with E-state index >= 15 is 0 Å². The predicted octanol–water partition coefficient (Wildman–Crippen LogP) is 1.57. The number of aliphatic hydroxyl groups is 1. The SMILES string of the molecule is CS(=O)(=O)OC(=O)C(F)(F)[C@H](OC(=O)c1ccccc1)[C@H](O)COC(=O)c1ccccc1. The van der Waals surface area contributed by atoms with Gasteiger partial charge in [-0.15, -0.1) is 0 Å². The maximum Gasteiger partial charge on any atom is 0.396 e. The van der Waals surface area contributed by atoms with Crippen LogP contribution < -0.4 is 0 Å². The van der Waals surface area contributed by atoms with Crippen molar-refractivity contribution in [2.45, 2.75) is 18.1 Å². The number of benzene rings is 2. The molecule has 2 aromatic carbocycles. The minimum Gasteiger partial charge on any atom is -0.459 e. The van der Waals surface area contributed by atoms with Crippen molar-refractivity contribution in [3.05, 3.63) is 71.8 Å². The van der Waals surface area contributed by atoms with Crippen molar-refractivity contribution in [3.8, 4) is 0 Å². The molecule has 32 heavy (non-hydrogen) atoms. The van der Waals surface area contributed by atoms with Crippen molar-refractivity contribution in [2.24, 2.45) is 0 Å². The maximum atomic E-state index is 14.7. The van der Waals surface area contributed by atoms with E-state index in [0.29, 0.717) is 6.26 Å². The fourth-order valence-corrected chi connectivity index (χ4v) is 2.75. The van der Waals surface area contributed by atoms with Gasteiger partial charge in [-0.2, -0.15) is 17.2 Å². The Morgan fingerprint density at radius 3 is 1.88 bits per heavy atom. The zero-order chi connectivity index (χ0) is 23.9. The number of halogens is 2. The first-order valence-corrected chi connectivity index (χ1v) is 10.7. The Balaban J connectivity index is 2.24. The minimum atomic E-state index is -4.81. The van der Waals surface area contributed by atoms with E-state index in [1.165, 1.54) is 54.6 Å². The average molecular weight is 472 g/mol. The highest BCUT2D eigenvalue weighted by Crippen LogP contribution is 2.28. The van der Waals surface area contributed by atoms with Gasteiger partial charge in [-0.1, -0.05) is 36.4 Å². The summed E-state index contributed by atoms with van der Waals surface area (Å²) in [6.07, 6.45) is -5.00. The van der Waals surface area contributed by atoms with Crippen LogP contribution in [0, 0.1) is 0 Å². The van der Waals surface area contributed by atoms with E-state index in [4.69, 9.17) is 4.74 Å². The van der Waals surface area contributed by atoms with Crippen LogP contribution in [0.25, 0.3) is 0 Å². The molecule has 0 aromatic heterocycles. The van der Waals surface area contributed by atoms with Crippen LogP contribution >= 0.6 is 0 Å². The molecule has 2 atom stereocenters. The van der Waals surface area contributed by atoms with Crippen molar-refractivity contribution in [1.82, 2.24) is 0 Å². The first-order valence-electron chi connectivity index (χ1n) is 8.90. The van der Waals surface area contributed by atoms with Gasteiger partial charge in [-0.3, -0.25) is 0 Å². The largest absolute Gasteiger partial charge is 0.459 e. The lowest BCUT2D eigenvalue weighted by atomic mass is 10.1. The van der Waals surface area contributed by atoms with Crippen molar-refractivity contribution in [1.29, 1.82) is 0 Å². The minimum absolute atomic E-state index is 0.0424. The van der Waals surface area contributed by atoms with E-state index in [2.05, 4.69) is 8.92 Å². The molecule has 0 saturated carbocycles. The van der Waals surface area contributed by atoms with Gasteiger partial charge >= 0.3 is 33.9 Å². The Bertz CT molecular complexity index is 1060. The molecule has 0 amide bonds. The Labute approximate surface area is 181 Å². The molecule has 0 bridgehead atoms. The summed E-state index contributed by atoms with van der Waals surface area (Å²) in [5.74, 6) is -9.73. The van der Waals surface area contributed by atoms with Gasteiger partial charge in [0, 0.05) is 0 Å². The summed E-state index contributed by atoms with van der Waals surface area (Å²) in [6.45, 7) is -1.11. The fraction of sp³-hybridized carbons (Fsp3) is 0.250. The van der Waals surface area contributed by atoms with Crippen LogP contribution in [-0.2, 0) is 28.6 Å². The molecule has 0 heterocycles. The van der Waals surface area contributed by atoms with E-state index in [1.807, 2.05) is 0 Å². The van der Waals surface area contributed by atoms with Gasteiger partial charge < -0.3 is 18.8 Å². The highest BCUT2D eigenvalue weighted by Gasteiger charge is 2.56. The summed E-state index contributed by atoms with van der Waals surface area (Å²) >= 11 is 0. The number of hydrogen-bond acceptors (Lipinski definition) is 9. The lowest BCUT2D eigenvalue weighted by molar-refractivity contribution is -0.193. The molecule has 12 heteroatoms. The molecule has 172 valence electrons. The molecule has 0 saturated heterocycles.